The summed E-state index contributed by atoms with van der Waals surface area (Å²) >= 11 is 1.34. The maximum atomic E-state index is 12.5. The van der Waals surface area contributed by atoms with Crippen LogP contribution in [0, 0.1) is 13.8 Å². The third-order valence-electron chi connectivity index (χ3n) is 3.98. The molecule has 0 spiro atoms. The Labute approximate surface area is 120 Å². The van der Waals surface area contributed by atoms with Gasteiger partial charge in [0.25, 0.3) is 11.5 Å². The average molecular weight is 291 g/mol. The predicted octanol–water partition coefficient (Wildman–Crippen LogP) is 1.85. The molecule has 0 bridgehead atoms. The third kappa shape index (κ3) is 1.86. The van der Waals surface area contributed by atoms with Crippen molar-refractivity contribution < 1.29 is 4.79 Å². The second-order valence-electron chi connectivity index (χ2n) is 5.26. The number of rotatable bonds is 1. The van der Waals surface area contributed by atoms with Crippen LogP contribution in [0.4, 0.5) is 0 Å². The number of hydrogen-bond donors (Lipinski definition) is 0. The zero-order valence-corrected chi connectivity index (χ0v) is 12.7. The van der Waals surface area contributed by atoms with Gasteiger partial charge >= 0.3 is 0 Å². The molecule has 3 rings (SSSR count). The minimum absolute atomic E-state index is 0.0442. The molecule has 0 atom stereocenters. The zero-order chi connectivity index (χ0) is 14.4. The fourth-order valence-corrected chi connectivity index (χ4v) is 3.82. The number of aryl methyl sites for hydroxylation is 2. The summed E-state index contributed by atoms with van der Waals surface area (Å²) in [7, 11) is 1.71. The molecule has 6 heteroatoms. The zero-order valence-electron chi connectivity index (χ0n) is 11.9. The van der Waals surface area contributed by atoms with E-state index in [4.69, 9.17) is 0 Å². The maximum absolute atomic E-state index is 12.5. The highest BCUT2D eigenvalue weighted by Gasteiger charge is 2.25. The minimum atomic E-state index is -0.0679. The molecule has 106 valence electrons. The lowest BCUT2D eigenvalue weighted by Gasteiger charge is -2.14. The van der Waals surface area contributed by atoms with Crippen LogP contribution in [-0.2, 0) is 7.05 Å². The molecule has 1 saturated heterocycles. The van der Waals surface area contributed by atoms with Crippen LogP contribution in [0.25, 0.3) is 10.2 Å². The van der Waals surface area contributed by atoms with E-state index in [0.29, 0.717) is 20.9 Å². The van der Waals surface area contributed by atoms with E-state index >= 15 is 0 Å². The quantitative estimate of drug-likeness (QED) is 0.805. The molecule has 1 amide bonds. The molecule has 3 heterocycles. The van der Waals surface area contributed by atoms with Crippen molar-refractivity contribution >= 4 is 27.5 Å². The predicted molar refractivity (Wildman–Crippen MR) is 79.5 cm³/mol. The SMILES string of the molecule is Cc1c(C(=O)N2CCCC2)sc2nc(C)n(C)c(=O)c12. The first kappa shape index (κ1) is 13.3. The number of hydrogen-bond acceptors (Lipinski definition) is 4. The van der Waals surface area contributed by atoms with Crippen LogP contribution >= 0.6 is 11.3 Å². The molecule has 0 unspecified atom stereocenters. The van der Waals surface area contributed by atoms with Gasteiger partial charge in [0.1, 0.15) is 10.7 Å². The van der Waals surface area contributed by atoms with Gasteiger partial charge in [-0.3, -0.25) is 14.2 Å². The molecule has 1 aliphatic heterocycles. The van der Waals surface area contributed by atoms with Gasteiger partial charge in [0.15, 0.2) is 0 Å². The number of amides is 1. The van der Waals surface area contributed by atoms with Crippen molar-refractivity contribution in [3.05, 3.63) is 26.6 Å². The van der Waals surface area contributed by atoms with Gasteiger partial charge in [-0.25, -0.2) is 4.98 Å². The van der Waals surface area contributed by atoms with Crippen molar-refractivity contribution in [3.63, 3.8) is 0 Å². The van der Waals surface area contributed by atoms with Gasteiger partial charge < -0.3 is 4.90 Å². The molecule has 0 saturated carbocycles. The van der Waals surface area contributed by atoms with Crippen molar-refractivity contribution in [3.8, 4) is 0 Å². The summed E-state index contributed by atoms with van der Waals surface area (Å²) in [6.45, 7) is 5.28. The van der Waals surface area contributed by atoms with Gasteiger partial charge in [0.2, 0.25) is 0 Å². The molecule has 0 N–H and O–H groups in total. The van der Waals surface area contributed by atoms with Crippen LogP contribution in [-0.4, -0.2) is 33.4 Å². The highest BCUT2D eigenvalue weighted by molar-refractivity contribution is 7.20. The first-order chi connectivity index (χ1) is 9.50. The summed E-state index contributed by atoms with van der Waals surface area (Å²) in [6.07, 6.45) is 2.13. The summed E-state index contributed by atoms with van der Waals surface area (Å²) in [6, 6.07) is 0. The Hall–Kier alpha value is -1.69. The van der Waals surface area contributed by atoms with E-state index in [0.717, 1.165) is 31.5 Å². The molecule has 0 radical (unpaired) electrons. The van der Waals surface area contributed by atoms with Crippen molar-refractivity contribution in [2.24, 2.45) is 7.05 Å². The van der Waals surface area contributed by atoms with E-state index in [9.17, 15) is 9.59 Å². The molecule has 2 aromatic heterocycles. The topological polar surface area (TPSA) is 55.2 Å². The number of carbonyl (C=O) groups excluding carboxylic acids is 1. The fourth-order valence-electron chi connectivity index (χ4n) is 2.63. The van der Waals surface area contributed by atoms with Crippen LogP contribution in [0.3, 0.4) is 0 Å². The first-order valence-electron chi connectivity index (χ1n) is 6.76. The molecule has 20 heavy (non-hydrogen) atoms. The van der Waals surface area contributed by atoms with Crippen LogP contribution in [0.15, 0.2) is 4.79 Å². The Morgan fingerprint density at radius 3 is 2.55 bits per heavy atom. The Morgan fingerprint density at radius 2 is 1.90 bits per heavy atom. The van der Waals surface area contributed by atoms with E-state index in [1.54, 1.807) is 14.0 Å². The second kappa shape index (κ2) is 4.70. The molecule has 1 aliphatic rings. The summed E-state index contributed by atoms with van der Waals surface area (Å²) < 4.78 is 1.53. The number of nitrogens with zero attached hydrogens (tertiary/aromatic N) is 3. The number of aromatic nitrogens is 2. The van der Waals surface area contributed by atoms with E-state index in [1.165, 1.54) is 15.9 Å². The van der Waals surface area contributed by atoms with Crippen LogP contribution in [0.2, 0.25) is 0 Å². The van der Waals surface area contributed by atoms with E-state index < -0.39 is 0 Å². The van der Waals surface area contributed by atoms with Gasteiger partial charge in [0.05, 0.1) is 10.3 Å². The lowest BCUT2D eigenvalue weighted by Crippen LogP contribution is -2.27. The minimum Gasteiger partial charge on any atom is -0.338 e. The largest absolute Gasteiger partial charge is 0.338 e. The molecule has 1 fully saturated rings. The van der Waals surface area contributed by atoms with Gasteiger partial charge in [-0.05, 0) is 32.3 Å². The average Bonchev–Trinajstić information content (AvgIpc) is 3.04. The van der Waals surface area contributed by atoms with E-state index in [1.807, 2.05) is 11.8 Å². The lowest BCUT2D eigenvalue weighted by molar-refractivity contribution is 0.0797. The highest BCUT2D eigenvalue weighted by Crippen LogP contribution is 2.29. The van der Waals surface area contributed by atoms with Gasteiger partial charge in [-0.2, -0.15) is 0 Å². The number of thiophene rings is 1. The standard InChI is InChI=1S/C14H17N3O2S/c1-8-10-12(15-9(2)16(3)13(10)18)20-11(8)14(19)17-6-4-5-7-17/h4-7H2,1-3H3. The number of likely N-dealkylation sites (tertiary alicyclic amines) is 1. The molecular formula is C14H17N3O2S. The Balaban J connectivity index is 2.18. The monoisotopic (exact) mass is 291 g/mol. The maximum Gasteiger partial charge on any atom is 0.264 e. The second-order valence-corrected chi connectivity index (χ2v) is 6.26. The van der Waals surface area contributed by atoms with Crippen LogP contribution < -0.4 is 5.56 Å². The lowest BCUT2D eigenvalue weighted by atomic mass is 10.2. The summed E-state index contributed by atoms with van der Waals surface area (Å²) in [5.74, 6) is 0.714. The van der Waals surface area contributed by atoms with Crippen molar-refractivity contribution in [1.29, 1.82) is 0 Å². The Kier molecular flexibility index (Phi) is 3.12. The van der Waals surface area contributed by atoms with E-state index in [2.05, 4.69) is 4.98 Å². The smallest absolute Gasteiger partial charge is 0.264 e. The third-order valence-corrected chi connectivity index (χ3v) is 5.16. The molecule has 0 aliphatic carbocycles. The van der Waals surface area contributed by atoms with Gasteiger partial charge in [-0.15, -0.1) is 11.3 Å². The van der Waals surface area contributed by atoms with Gasteiger partial charge in [-0.1, -0.05) is 0 Å². The van der Waals surface area contributed by atoms with Crippen molar-refractivity contribution in [2.75, 3.05) is 13.1 Å². The van der Waals surface area contributed by atoms with Crippen LogP contribution in [0.5, 0.6) is 0 Å². The molecule has 0 aromatic carbocycles. The molecule has 5 nitrogen and oxygen atoms in total. The Bertz CT molecular complexity index is 754. The van der Waals surface area contributed by atoms with Gasteiger partial charge in [0, 0.05) is 20.1 Å². The Morgan fingerprint density at radius 1 is 1.25 bits per heavy atom. The molecule has 2 aromatic rings. The van der Waals surface area contributed by atoms with Crippen molar-refractivity contribution in [2.45, 2.75) is 26.7 Å². The summed E-state index contributed by atoms with van der Waals surface area (Å²) in [4.78, 5) is 32.5. The van der Waals surface area contributed by atoms with Crippen LogP contribution in [0.1, 0.15) is 33.9 Å². The summed E-state index contributed by atoms with van der Waals surface area (Å²) in [5, 5.41) is 0.589. The van der Waals surface area contributed by atoms with E-state index in [-0.39, 0.29) is 11.5 Å². The van der Waals surface area contributed by atoms with Crippen molar-refractivity contribution in [1.82, 2.24) is 14.5 Å². The summed E-state index contributed by atoms with van der Waals surface area (Å²) in [5.41, 5.74) is 0.705. The fraction of sp³-hybridized carbons (Fsp3) is 0.500. The normalized spacial score (nSPS) is 15.2. The number of carbonyl (C=O) groups is 1. The molecular weight excluding hydrogens is 274 g/mol. The number of fused-ring (bicyclic) bond motifs is 1. The highest BCUT2D eigenvalue weighted by atomic mass is 32.1. The first-order valence-corrected chi connectivity index (χ1v) is 7.58.